The lowest BCUT2D eigenvalue weighted by Crippen LogP contribution is -2.12. The number of benzene rings is 2. The zero-order valence-corrected chi connectivity index (χ0v) is 13.8. The molecule has 5 nitrogen and oxygen atoms in total. The van der Waals surface area contributed by atoms with Crippen molar-refractivity contribution in [2.45, 2.75) is 10.1 Å². The topological polar surface area (TPSA) is 78.6 Å². The van der Waals surface area contributed by atoms with Crippen molar-refractivity contribution in [3.05, 3.63) is 87.6 Å². The van der Waals surface area contributed by atoms with Gasteiger partial charge in [-0.1, -0.05) is 48.5 Å². The standard InChI is InChI=1S/C19H13N3O2S/c23-15-10-11-20-19(22-15)25-17-16(12-6-2-1-3-7-12)13-8-4-5-9-14(13)21-18(17)24/h1-11H,(H,21,24)(H,20,22,23). The Morgan fingerprint density at radius 2 is 1.60 bits per heavy atom. The maximum Gasteiger partial charge on any atom is 0.263 e. The third-order valence-corrected chi connectivity index (χ3v) is 4.78. The lowest BCUT2D eigenvalue weighted by atomic mass is 10.0. The van der Waals surface area contributed by atoms with Gasteiger partial charge in [-0.3, -0.25) is 9.59 Å². The molecule has 0 bridgehead atoms. The third kappa shape index (κ3) is 2.99. The van der Waals surface area contributed by atoms with Crippen LogP contribution < -0.4 is 11.1 Å². The van der Waals surface area contributed by atoms with Crippen LogP contribution in [0, 0.1) is 0 Å². The molecule has 2 N–H and O–H groups in total. The van der Waals surface area contributed by atoms with Gasteiger partial charge in [0.05, 0.1) is 4.90 Å². The number of para-hydroxylation sites is 1. The van der Waals surface area contributed by atoms with Gasteiger partial charge in [0.1, 0.15) is 0 Å². The van der Waals surface area contributed by atoms with Crippen molar-refractivity contribution in [1.82, 2.24) is 15.0 Å². The van der Waals surface area contributed by atoms with E-state index in [9.17, 15) is 9.59 Å². The van der Waals surface area contributed by atoms with Crippen molar-refractivity contribution in [2.24, 2.45) is 0 Å². The molecule has 4 rings (SSSR count). The van der Waals surface area contributed by atoms with E-state index < -0.39 is 0 Å². The highest BCUT2D eigenvalue weighted by Crippen LogP contribution is 2.36. The number of H-pyrrole nitrogens is 2. The Balaban J connectivity index is 2.01. The first-order chi connectivity index (χ1) is 12.2. The maximum absolute atomic E-state index is 12.7. The molecule has 0 spiro atoms. The SMILES string of the molecule is O=c1ccnc(Sc2c(-c3ccccc3)c3ccccc3[nH]c2=O)[nH]1. The molecule has 0 unspecified atom stereocenters. The molecule has 0 aliphatic heterocycles. The first kappa shape index (κ1) is 15.4. The Bertz CT molecular complexity index is 1170. The first-order valence-corrected chi connectivity index (χ1v) is 8.47. The van der Waals surface area contributed by atoms with Crippen LogP contribution in [-0.4, -0.2) is 15.0 Å². The Kier molecular flexibility index (Phi) is 3.95. The average molecular weight is 347 g/mol. The normalized spacial score (nSPS) is 10.9. The Hall–Kier alpha value is -3.12. The number of aromatic nitrogens is 3. The summed E-state index contributed by atoms with van der Waals surface area (Å²) in [6, 6.07) is 18.7. The van der Waals surface area contributed by atoms with Gasteiger partial charge < -0.3 is 9.97 Å². The molecule has 0 fully saturated rings. The third-order valence-electron chi connectivity index (χ3n) is 3.79. The number of nitrogens with zero attached hydrogens (tertiary/aromatic N) is 1. The summed E-state index contributed by atoms with van der Waals surface area (Å²) in [7, 11) is 0. The molecule has 0 saturated carbocycles. The summed E-state index contributed by atoms with van der Waals surface area (Å²) in [5.41, 5.74) is 2.07. The van der Waals surface area contributed by atoms with E-state index in [1.807, 2.05) is 54.6 Å². The van der Waals surface area contributed by atoms with Crippen LogP contribution in [0.3, 0.4) is 0 Å². The minimum atomic E-state index is -0.254. The van der Waals surface area contributed by atoms with E-state index in [-0.39, 0.29) is 11.1 Å². The molecule has 0 radical (unpaired) electrons. The predicted octanol–water partition coefficient (Wildman–Crippen LogP) is 3.43. The molecule has 122 valence electrons. The van der Waals surface area contributed by atoms with Crippen molar-refractivity contribution < 1.29 is 0 Å². The van der Waals surface area contributed by atoms with Crippen LogP contribution in [0.1, 0.15) is 0 Å². The zero-order valence-electron chi connectivity index (χ0n) is 13.0. The summed E-state index contributed by atoms with van der Waals surface area (Å²) in [5, 5.41) is 1.32. The molecule has 6 heteroatoms. The molecule has 0 aliphatic rings. The van der Waals surface area contributed by atoms with Crippen molar-refractivity contribution in [1.29, 1.82) is 0 Å². The van der Waals surface area contributed by atoms with Gasteiger partial charge in [0.15, 0.2) is 5.16 Å². The average Bonchev–Trinajstić information content (AvgIpc) is 2.63. The van der Waals surface area contributed by atoms with E-state index in [0.29, 0.717) is 10.1 Å². The highest BCUT2D eigenvalue weighted by Gasteiger charge is 2.16. The molecule has 0 saturated heterocycles. The van der Waals surface area contributed by atoms with Gasteiger partial charge in [0.25, 0.3) is 11.1 Å². The van der Waals surface area contributed by atoms with E-state index in [2.05, 4.69) is 15.0 Å². The fourth-order valence-electron chi connectivity index (χ4n) is 2.71. The molecular formula is C19H13N3O2S. The van der Waals surface area contributed by atoms with Crippen LogP contribution in [0.2, 0.25) is 0 Å². The van der Waals surface area contributed by atoms with Crippen molar-refractivity contribution >= 4 is 22.7 Å². The summed E-state index contributed by atoms with van der Waals surface area (Å²) in [6.07, 6.45) is 1.43. The predicted molar refractivity (Wildman–Crippen MR) is 99.0 cm³/mol. The van der Waals surface area contributed by atoms with E-state index in [4.69, 9.17) is 0 Å². The second-order valence-electron chi connectivity index (χ2n) is 5.41. The second kappa shape index (κ2) is 6.41. The van der Waals surface area contributed by atoms with Gasteiger partial charge in [-0.25, -0.2) is 4.98 Å². The molecular weight excluding hydrogens is 334 g/mol. The summed E-state index contributed by atoms with van der Waals surface area (Å²) in [5.74, 6) is 0. The lowest BCUT2D eigenvalue weighted by Gasteiger charge is -2.12. The van der Waals surface area contributed by atoms with Crippen LogP contribution in [0.4, 0.5) is 0 Å². The fourth-order valence-corrected chi connectivity index (χ4v) is 3.65. The maximum atomic E-state index is 12.7. The lowest BCUT2D eigenvalue weighted by molar-refractivity contribution is 0.935. The molecule has 4 aromatic rings. The van der Waals surface area contributed by atoms with Crippen molar-refractivity contribution in [2.75, 3.05) is 0 Å². The van der Waals surface area contributed by atoms with Gasteiger partial charge in [0, 0.05) is 28.7 Å². The quantitative estimate of drug-likeness (QED) is 0.557. The molecule has 25 heavy (non-hydrogen) atoms. The van der Waals surface area contributed by atoms with Crippen LogP contribution in [0.15, 0.2) is 86.5 Å². The fraction of sp³-hybridized carbons (Fsp3) is 0. The smallest absolute Gasteiger partial charge is 0.263 e. The number of nitrogens with one attached hydrogen (secondary N) is 2. The second-order valence-corrected chi connectivity index (χ2v) is 6.41. The molecule has 2 heterocycles. The first-order valence-electron chi connectivity index (χ1n) is 7.66. The van der Waals surface area contributed by atoms with Gasteiger partial charge >= 0.3 is 0 Å². The van der Waals surface area contributed by atoms with E-state index in [0.717, 1.165) is 33.8 Å². The molecule has 2 aromatic carbocycles. The van der Waals surface area contributed by atoms with Crippen LogP contribution in [0.25, 0.3) is 22.0 Å². The van der Waals surface area contributed by atoms with Gasteiger partial charge in [-0.15, -0.1) is 0 Å². The molecule has 0 atom stereocenters. The van der Waals surface area contributed by atoms with E-state index >= 15 is 0 Å². The number of hydrogen-bond acceptors (Lipinski definition) is 4. The Morgan fingerprint density at radius 3 is 2.40 bits per heavy atom. The Labute approximate surface area is 146 Å². The number of pyridine rings is 1. The minimum absolute atomic E-state index is 0.214. The van der Waals surface area contributed by atoms with Crippen LogP contribution in [0.5, 0.6) is 0 Å². The summed E-state index contributed by atoms with van der Waals surface area (Å²) in [6.45, 7) is 0. The Morgan fingerprint density at radius 1 is 0.840 bits per heavy atom. The van der Waals surface area contributed by atoms with Gasteiger partial charge in [-0.2, -0.15) is 0 Å². The number of fused-ring (bicyclic) bond motifs is 1. The summed E-state index contributed by atoms with van der Waals surface area (Å²) >= 11 is 1.15. The van der Waals surface area contributed by atoms with Crippen LogP contribution in [-0.2, 0) is 0 Å². The van der Waals surface area contributed by atoms with Gasteiger partial charge in [0.2, 0.25) is 0 Å². The minimum Gasteiger partial charge on any atom is -0.321 e. The zero-order chi connectivity index (χ0) is 17.2. The van der Waals surface area contributed by atoms with E-state index in [1.54, 1.807) is 0 Å². The highest BCUT2D eigenvalue weighted by molar-refractivity contribution is 7.99. The number of aromatic amines is 2. The number of rotatable bonds is 3. The summed E-state index contributed by atoms with van der Waals surface area (Å²) < 4.78 is 0. The largest absolute Gasteiger partial charge is 0.321 e. The van der Waals surface area contributed by atoms with Gasteiger partial charge in [-0.05, 0) is 23.4 Å². The monoisotopic (exact) mass is 347 g/mol. The molecule has 0 amide bonds. The summed E-state index contributed by atoms with van der Waals surface area (Å²) in [4.78, 5) is 34.5. The van der Waals surface area contributed by atoms with Crippen molar-refractivity contribution in [3.8, 4) is 11.1 Å². The van der Waals surface area contributed by atoms with Crippen molar-refractivity contribution in [3.63, 3.8) is 0 Å². The number of hydrogen-bond donors (Lipinski definition) is 2. The highest BCUT2D eigenvalue weighted by atomic mass is 32.2. The molecule has 0 aliphatic carbocycles. The molecule has 2 aromatic heterocycles. The van der Waals surface area contributed by atoms with E-state index in [1.165, 1.54) is 12.3 Å². The van der Waals surface area contributed by atoms with Crippen LogP contribution >= 0.6 is 11.8 Å².